The fourth-order valence-corrected chi connectivity index (χ4v) is 2.66. The molecule has 1 aliphatic heterocycles. The molecule has 112 valence electrons. The second kappa shape index (κ2) is 7.20. The van der Waals surface area contributed by atoms with Gasteiger partial charge in [0.15, 0.2) is 6.29 Å². The number of halogens is 1. The zero-order valence-electron chi connectivity index (χ0n) is 11.9. The Morgan fingerprint density at radius 1 is 1.24 bits per heavy atom. The van der Waals surface area contributed by atoms with Crippen molar-refractivity contribution in [1.82, 2.24) is 9.78 Å². The van der Waals surface area contributed by atoms with Crippen molar-refractivity contribution in [2.75, 3.05) is 13.2 Å². The summed E-state index contributed by atoms with van der Waals surface area (Å²) in [6, 6.07) is 8.24. The molecule has 0 amide bonds. The van der Waals surface area contributed by atoms with Gasteiger partial charge in [0.2, 0.25) is 0 Å². The number of aromatic nitrogens is 2. The first-order valence-electron chi connectivity index (χ1n) is 7.33. The molecule has 2 aromatic rings. The van der Waals surface area contributed by atoms with Crippen molar-refractivity contribution < 1.29 is 9.47 Å². The second-order valence-corrected chi connectivity index (χ2v) is 6.08. The number of hydrogen-bond acceptors (Lipinski definition) is 3. The summed E-state index contributed by atoms with van der Waals surface area (Å²) in [4.78, 5) is 0. The summed E-state index contributed by atoms with van der Waals surface area (Å²) in [6.07, 6.45) is 7.26. The zero-order chi connectivity index (χ0) is 14.5. The highest BCUT2D eigenvalue weighted by Crippen LogP contribution is 2.21. The highest BCUT2D eigenvalue weighted by atomic mass is 79.9. The van der Waals surface area contributed by atoms with E-state index in [1.807, 2.05) is 29.2 Å². The minimum atomic E-state index is -0.0275. The van der Waals surface area contributed by atoms with E-state index in [2.05, 4.69) is 33.2 Å². The lowest BCUT2D eigenvalue weighted by Gasteiger charge is -2.22. The second-order valence-electron chi connectivity index (χ2n) is 5.17. The Labute approximate surface area is 133 Å². The SMILES string of the molecule is Brc1ccc(-c2cnn(CCO[C@H]3CCCCO3)c2)cc1. The van der Waals surface area contributed by atoms with Gasteiger partial charge in [-0.15, -0.1) is 0 Å². The molecule has 0 N–H and O–H groups in total. The summed E-state index contributed by atoms with van der Waals surface area (Å²) >= 11 is 3.45. The molecule has 0 spiro atoms. The van der Waals surface area contributed by atoms with Crippen LogP contribution < -0.4 is 0 Å². The van der Waals surface area contributed by atoms with Gasteiger partial charge in [-0.2, -0.15) is 5.10 Å². The number of nitrogens with zero attached hydrogens (tertiary/aromatic N) is 2. The Morgan fingerprint density at radius 2 is 2.10 bits per heavy atom. The number of benzene rings is 1. The summed E-state index contributed by atoms with van der Waals surface area (Å²) < 4.78 is 14.3. The minimum absolute atomic E-state index is 0.0275. The molecule has 1 fully saturated rings. The van der Waals surface area contributed by atoms with Crippen LogP contribution >= 0.6 is 15.9 Å². The molecule has 1 aliphatic rings. The summed E-state index contributed by atoms with van der Waals surface area (Å²) in [7, 11) is 0. The fourth-order valence-electron chi connectivity index (χ4n) is 2.40. The van der Waals surface area contributed by atoms with E-state index in [0.717, 1.165) is 36.0 Å². The molecule has 0 saturated carbocycles. The molecule has 4 nitrogen and oxygen atoms in total. The maximum absolute atomic E-state index is 5.73. The van der Waals surface area contributed by atoms with Crippen LogP contribution in [0.2, 0.25) is 0 Å². The van der Waals surface area contributed by atoms with Gasteiger partial charge in [0.25, 0.3) is 0 Å². The third-order valence-corrected chi connectivity index (χ3v) is 4.10. The molecule has 21 heavy (non-hydrogen) atoms. The summed E-state index contributed by atoms with van der Waals surface area (Å²) in [5.41, 5.74) is 2.29. The minimum Gasteiger partial charge on any atom is -0.353 e. The lowest BCUT2D eigenvalue weighted by atomic mass is 10.1. The molecular formula is C16H19BrN2O2. The first-order valence-corrected chi connectivity index (χ1v) is 8.12. The third kappa shape index (κ3) is 4.15. The van der Waals surface area contributed by atoms with Gasteiger partial charge in [0, 0.05) is 22.8 Å². The number of ether oxygens (including phenoxy) is 2. The van der Waals surface area contributed by atoms with Gasteiger partial charge in [-0.3, -0.25) is 4.68 Å². The van der Waals surface area contributed by atoms with Gasteiger partial charge in [-0.25, -0.2) is 0 Å². The first kappa shape index (κ1) is 14.8. The first-order chi connectivity index (χ1) is 10.3. The van der Waals surface area contributed by atoms with Crippen molar-refractivity contribution in [3.63, 3.8) is 0 Å². The average molecular weight is 351 g/mol. The van der Waals surface area contributed by atoms with Crippen LogP contribution in [0, 0.1) is 0 Å². The van der Waals surface area contributed by atoms with E-state index in [0.29, 0.717) is 6.61 Å². The van der Waals surface area contributed by atoms with Gasteiger partial charge >= 0.3 is 0 Å². The van der Waals surface area contributed by atoms with E-state index in [4.69, 9.17) is 9.47 Å². The van der Waals surface area contributed by atoms with Crippen molar-refractivity contribution in [3.05, 3.63) is 41.1 Å². The van der Waals surface area contributed by atoms with Gasteiger partial charge < -0.3 is 9.47 Å². The molecule has 1 aromatic carbocycles. The van der Waals surface area contributed by atoms with Crippen molar-refractivity contribution in [2.45, 2.75) is 32.1 Å². The molecule has 1 atom stereocenters. The van der Waals surface area contributed by atoms with Crippen LogP contribution in [0.5, 0.6) is 0 Å². The third-order valence-electron chi connectivity index (χ3n) is 3.57. The van der Waals surface area contributed by atoms with Crippen LogP contribution in [0.3, 0.4) is 0 Å². The summed E-state index contributed by atoms with van der Waals surface area (Å²) in [5, 5.41) is 4.38. The predicted octanol–water partition coefficient (Wildman–Crippen LogP) is 3.86. The van der Waals surface area contributed by atoms with E-state index in [1.54, 1.807) is 0 Å². The monoisotopic (exact) mass is 350 g/mol. The lowest BCUT2D eigenvalue weighted by molar-refractivity contribution is -0.163. The molecule has 1 saturated heterocycles. The van der Waals surface area contributed by atoms with Crippen molar-refractivity contribution >= 4 is 15.9 Å². The summed E-state index contributed by atoms with van der Waals surface area (Å²) in [6.45, 7) is 2.20. The standard InChI is InChI=1S/C16H19BrN2O2/c17-15-6-4-13(5-7-15)14-11-18-19(12-14)8-10-21-16-3-1-2-9-20-16/h4-7,11-12,16H,1-3,8-10H2/t16-/m0/s1. The zero-order valence-corrected chi connectivity index (χ0v) is 13.5. The maximum Gasteiger partial charge on any atom is 0.157 e. The quantitative estimate of drug-likeness (QED) is 0.821. The van der Waals surface area contributed by atoms with E-state index in [1.165, 1.54) is 12.0 Å². The van der Waals surface area contributed by atoms with Crippen LogP contribution in [0.15, 0.2) is 41.1 Å². The van der Waals surface area contributed by atoms with E-state index < -0.39 is 0 Å². The van der Waals surface area contributed by atoms with Crippen LogP contribution in [-0.4, -0.2) is 29.3 Å². The fraction of sp³-hybridized carbons (Fsp3) is 0.438. The molecule has 0 bridgehead atoms. The van der Waals surface area contributed by atoms with E-state index in [-0.39, 0.29) is 6.29 Å². The maximum atomic E-state index is 5.73. The van der Waals surface area contributed by atoms with Crippen LogP contribution in [0.25, 0.3) is 11.1 Å². The Morgan fingerprint density at radius 3 is 2.86 bits per heavy atom. The molecule has 0 radical (unpaired) electrons. The van der Waals surface area contributed by atoms with Crippen molar-refractivity contribution in [3.8, 4) is 11.1 Å². The van der Waals surface area contributed by atoms with Gasteiger partial charge in [0.1, 0.15) is 0 Å². The average Bonchev–Trinajstić information content (AvgIpc) is 2.98. The number of hydrogen-bond donors (Lipinski definition) is 0. The molecule has 3 rings (SSSR count). The molecule has 0 aliphatic carbocycles. The Balaban J connectivity index is 1.51. The normalized spacial score (nSPS) is 18.8. The van der Waals surface area contributed by atoms with E-state index >= 15 is 0 Å². The Bertz CT molecular complexity index is 562. The summed E-state index contributed by atoms with van der Waals surface area (Å²) in [5.74, 6) is 0. The smallest absolute Gasteiger partial charge is 0.157 e. The number of rotatable bonds is 5. The van der Waals surface area contributed by atoms with Crippen molar-refractivity contribution in [2.24, 2.45) is 0 Å². The van der Waals surface area contributed by atoms with Crippen LogP contribution in [-0.2, 0) is 16.0 Å². The van der Waals surface area contributed by atoms with Gasteiger partial charge in [-0.1, -0.05) is 28.1 Å². The largest absolute Gasteiger partial charge is 0.353 e. The topological polar surface area (TPSA) is 36.3 Å². The van der Waals surface area contributed by atoms with Gasteiger partial charge in [0.05, 0.1) is 19.3 Å². The van der Waals surface area contributed by atoms with Crippen molar-refractivity contribution in [1.29, 1.82) is 0 Å². The molecule has 5 heteroatoms. The molecular weight excluding hydrogens is 332 g/mol. The highest BCUT2D eigenvalue weighted by molar-refractivity contribution is 9.10. The molecule has 0 unspecified atom stereocenters. The predicted molar refractivity (Wildman–Crippen MR) is 84.9 cm³/mol. The van der Waals surface area contributed by atoms with Crippen LogP contribution in [0.1, 0.15) is 19.3 Å². The molecule has 2 heterocycles. The Kier molecular flexibility index (Phi) is 5.06. The lowest BCUT2D eigenvalue weighted by Crippen LogP contribution is -2.24. The van der Waals surface area contributed by atoms with Crippen LogP contribution in [0.4, 0.5) is 0 Å². The highest BCUT2D eigenvalue weighted by Gasteiger charge is 2.13. The molecule has 1 aromatic heterocycles. The van der Waals surface area contributed by atoms with Gasteiger partial charge in [-0.05, 0) is 37.0 Å². The van der Waals surface area contributed by atoms with E-state index in [9.17, 15) is 0 Å². The Hall–Kier alpha value is -1.17.